The van der Waals surface area contributed by atoms with Crippen molar-refractivity contribution in [2.24, 2.45) is 5.92 Å². The van der Waals surface area contributed by atoms with E-state index in [2.05, 4.69) is 22.2 Å². The molecule has 0 radical (unpaired) electrons. The number of nitrogens with one attached hydrogen (secondary N) is 2. The maximum Gasteiger partial charge on any atom is 0.317 e. The number of H-pyrrole nitrogens is 1. The van der Waals surface area contributed by atoms with Crippen LogP contribution in [0.5, 0.6) is 0 Å². The maximum absolute atomic E-state index is 12.3. The van der Waals surface area contributed by atoms with E-state index in [1.807, 2.05) is 18.0 Å². The zero-order chi connectivity index (χ0) is 17.0. The number of ether oxygens (including phenoxy) is 2. The number of carbonyl (C=O) groups excluding carboxylic acids is 1. The van der Waals surface area contributed by atoms with E-state index in [9.17, 15) is 4.79 Å². The van der Waals surface area contributed by atoms with Gasteiger partial charge < -0.3 is 24.7 Å². The Balaban J connectivity index is 1.38. The Morgan fingerprint density at radius 1 is 1.46 bits per heavy atom. The normalized spacial score (nSPS) is 22.5. The highest BCUT2D eigenvalue weighted by atomic mass is 16.7. The largest absolute Gasteiger partial charge is 0.348 e. The summed E-state index contributed by atoms with van der Waals surface area (Å²) in [5, 5.41) is 3.05. The predicted octanol–water partition coefficient (Wildman–Crippen LogP) is 2.09. The molecule has 2 aliphatic rings. The van der Waals surface area contributed by atoms with Crippen LogP contribution < -0.4 is 5.32 Å². The monoisotopic (exact) mass is 336 g/mol. The molecule has 0 saturated carbocycles. The van der Waals surface area contributed by atoms with Crippen LogP contribution in [0, 0.1) is 5.92 Å². The van der Waals surface area contributed by atoms with Gasteiger partial charge in [-0.3, -0.25) is 0 Å². The molecule has 0 spiro atoms. The minimum Gasteiger partial charge on any atom is -0.348 e. The number of amides is 2. The van der Waals surface area contributed by atoms with Gasteiger partial charge in [-0.25, -0.2) is 9.78 Å². The molecule has 7 heteroatoms. The summed E-state index contributed by atoms with van der Waals surface area (Å²) in [7, 11) is 0. The molecule has 7 nitrogen and oxygen atoms in total. The van der Waals surface area contributed by atoms with Gasteiger partial charge in [-0.15, -0.1) is 0 Å². The molecule has 3 rings (SSSR count). The lowest BCUT2D eigenvalue weighted by Gasteiger charge is -2.32. The first-order valence-corrected chi connectivity index (χ1v) is 8.85. The van der Waals surface area contributed by atoms with Gasteiger partial charge in [0.25, 0.3) is 0 Å². The molecule has 0 bridgehead atoms. The number of hydrogen-bond acceptors (Lipinski definition) is 4. The summed E-state index contributed by atoms with van der Waals surface area (Å²) >= 11 is 0. The van der Waals surface area contributed by atoms with Crippen LogP contribution in [0.1, 0.15) is 44.7 Å². The molecule has 2 fully saturated rings. The first-order valence-electron chi connectivity index (χ1n) is 8.85. The van der Waals surface area contributed by atoms with E-state index in [0.29, 0.717) is 31.6 Å². The molecule has 1 aromatic heterocycles. The molecule has 1 aromatic rings. The van der Waals surface area contributed by atoms with E-state index >= 15 is 0 Å². The third-order valence-corrected chi connectivity index (χ3v) is 4.96. The molecule has 134 valence electrons. The van der Waals surface area contributed by atoms with Crippen molar-refractivity contribution in [1.82, 2.24) is 20.2 Å². The van der Waals surface area contributed by atoms with Crippen LogP contribution in [-0.4, -0.2) is 59.5 Å². The lowest BCUT2D eigenvalue weighted by molar-refractivity contribution is -0.153. The van der Waals surface area contributed by atoms with Gasteiger partial charge in [0.2, 0.25) is 0 Å². The average Bonchev–Trinajstić information content (AvgIpc) is 3.25. The van der Waals surface area contributed by atoms with Crippen molar-refractivity contribution < 1.29 is 14.3 Å². The number of aromatic amines is 1. The molecule has 0 aromatic carbocycles. The summed E-state index contributed by atoms with van der Waals surface area (Å²) in [4.78, 5) is 21.5. The van der Waals surface area contributed by atoms with Crippen LogP contribution >= 0.6 is 0 Å². The van der Waals surface area contributed by atoms with E-state index in [4.69, 9.17) is 9.47 Å². The fourth-order valence-electron chi connectivity index (χ4n) is 3.64. The number of nitrogens with zero attached hydrogens (tertiary/aromatic N) is 2. The third-order valence-electron chi connectivity index (χ3n) is 4.96. The topological polar surface area (TPSA) is 79.5 Å². The van der Waals surface area contributed by atoms with Crippen molar-refractivity contribution in [3.63, 3.8) is 0 Å². The zero-order valence-corrected chi connectivity index (χ0v) is 14.6. The second kappa shape index (κ2) is 7.53. The molecular weight excluding hydrogens is 308 g/mol. The van der Waals surface area contributed by atoms with Crippen molar-refractivity contribution in [3.8, 4) is 0 Å². The fourth-order valence-corrected chi connectivity index (χ4v) is 3.64. The number of carbonyl (C=O) groups is 1. The first-order chi connectivity index (χ1) is 11.6. The summed E-state index contributed by atoms with van der Waals surface area (Å²) in [6, 6.07) is 0.0309. The van der Waals surface area contributed by atoms with Crippen molar-refractivity contribution >= 4 is 6.03 Å². The molecule has 2 saturated heterocycles. The van der Waals surface area contributed by atoms with Crippen molar-refractivity contribution in [3.05, 3.63) is 18.2 Å². The van der Waals surface area contributed by atoms with Crippen LogP contribution in [0.4, 0.5) is 4.79 Å². The lowest BCUT2D eigenvalue weighted by Crippen LogP contribution is -2.45. The van der Waals surface area contributed by atoms with E-state index < -0.39 is 5.79 Å². The van der Waals surface area contributed by atoms with Gasteiger partial charge in [-0.05, 0) is 25.7 Å². The van der Waals surface area contributed by atoms with Gasteiger partial charge in [0.15, 0.2) is 5.79 Å². The Morgan fingerprint density at radius 3 is 2.79 bits per heavy atom. The Hall–Kier alpha value is -1.60. The summed E-state index contributed by atoms with van der Waals surface area (Å²) in [6.07, 6.45) is 6.34. The van der Waals surface area contributed by atoms with Gasteiger partial charge in [-0.1, -0.05) is 6.92 Å². The van der Waals surface area contributed by atoms with Gasteiger partial charge in [-0.2, -0.15) is 0 Å². The minimum absolute atomic E-state index is 0.0309. The molecule has 2 amide bonds. The first kappa shape index (κ1) is 17.2. The van der Waals surface area contributed by atoms with E-state index in [0.717, 1.165) is 32.4 Å². The fraction of sp³-hybridized carbons (Fsp3) is 0.765. The quantitative estimate of drug-likeness (QED) is 0.863. The highest BCUT2D eigenvalue weighted by Crippen LogP contribution is 2.27. The number of piperidine rings is 1. The third kappa shape index (κ3) is 4.27. The molecule has 0 aliphatic carbocycles. The van der Waals surface area contributed by atoms with Crippen LogP contribution in [0.15, 0.2) is 12.5 Å². The summed E-state index contributed by atoms with van der Waals surface area (Å²) in [6.45, 7) is 7.60. The van der Waals surface area contributed by atoms with Crippen LogP contribution in [0.2, 0.25) is 0 Å². The van der Waals surface area contributed by atoms with Crippen LogP contribution in [0.3, 0.4) is 0 Å². The van der Waals surface area contributed by atoms with Gasteiger partial charge in [0.05, 0.1) is 19.5 Å². The Bertz CT molecular complexity index is 520. The van der Waals surface area contributed by atoms with E-state index in [1.54, 1.807) is 6.33 Å². The Labute approximate surface area is 143 Å². The minimum atomic E-state index is -0.493. The number of rotatable bonds is 5. The lowest BCUT2D eigenvalue weighted by atomic mass is 9.94. The van der Waals surface area contributed by atoms with E-state index in [1.165, 1.54) is 5.69 Å². The summed E-state index contributed by atoms with van der Waals surface area (Å²) in [5.41, 5.74) is 1.17. The second-order valence-electron chi connectivity index (χ2n) is 7.09. The van der Waals surface area contributed by atoms with Gasteiger partial charge in [0.1, 0.15) is 0 Å². The second-order valence-corrected chi connectivity index (χ2v) is 7.09. The highest BCUT2D eigenvalue weighted by Gasteiger charge is 2.33. The Morgan fingerprint density at radius 2 is 2.17 bits per heavy atom. The van der Waals surface area contributed by atoms with Gasteiger partial charge >= 0.3 is 6.03 Å². The van der Waals surface area contributed by atoms with Crippen LogP contribution in [-0.2, 0) is 9.47 Å². The molecule has 2 aliphatic heterocycles. The standard InChI is InChI=1S/C17H28N4O3/c1-13(9-17(2)23-7-8-24-17)10-19-16(22)21-5-3-14(4-6-21)15-11-18-12-20-15/h11-14H,3-10H2,1-2H3,(H,18,20)(H,19,22)/t13-/m0/s1. The number of aromatic nitrogens is 2. The summed E-state index contributed by atoms with van der Waals surface area (Å²) < 4.78 is 11.3. The smallest absolute Gasteiger partial charge is 0.317 e. The van der Waals surface area contributed by atoms with Crippen molar-refractivity contribution in [1.29, 1.82) is 0 Å². The SMILES string of the molecule is C[C@H](CNC(=O)N1CCC(c2cnc[nH]2)CC1)CC1(C)OCCO1. The number of urea groups is 1. The van der Waals surface area contributed by atoms with Crippen molar-refractivity contribution in [2.45, 2.75) is 44.8 Å². The number of likely N-dealkylation sites (tertiary alicyclic amines) is 1. The molecule has 3 heterocycles. The average molecular weight is 336 g/mol. The zero-order valence-electron chi connectivity index (χ0n) is 14.6. The maximum atomic E-state index is 12.3. The molecule has 1 atom stereocenters. The van der Waals surface area contributed by atoms with Gasteiger partial charge in [0, 0.05) is 43.9 Å². The molecule has 0 unspecified atom stereocenters. The predicted molar refractivity (Wildman–Crippen MR) is 89.6 cm³/mol. The highest BCUT2D eigenvalue weighted by molar-refractivity contribution is 5.74. The molecule has 24 heavy (non-hydrogen) atoms. The van der Waals surface area contributed by atoms with Crippen molar-refractivity contribution in [2.75, 3.05) is 32.8 Å². The summed E-state index contributed by atoms with van der Waals surface area (Å²) in [5.74, 6) is 0.290. The molecule has 2 N–H and O–H groups in total. The Kier molecular flexibility index (Phi) is 5.40. The van der Waals surface area contributed by atoms with Crippen LogP contribution in [0.25, 0.3) is 0 Å². The number of imidazole rings is 1. The number of hydrogen-bond donors (Lipinski definition) is 2. The molecular formula is C17H28N4O3. The van der Waals surface area contributed by atoms with E-state index in [-0.39, 0.29) is 6.03 Å².